The van der Waals surface area contributed by atoms with Crippen molar-refractivity contribution in [1.29, 1.82) is 0 Å². The average Bonchev–Trinajstić information content (AvgIpc) is 2.67. The van der Waals surface area contributed by atoms with Crippen LogP contribution in [0.3, 0.4) is 0 Å². The van der Waals surface area contributed by atoms with Gasteiger partial charge in [-0.2, -0.15) is 0 Å². The van der Waals surface area contributed by atoms with Crippen molar-refractivity contribution in [3.63, 3.8) is 0 Å². The number of benzene rings is 3. The van der Waals surface area contributed by atoms with Crippen LogP contribution in [0.15, 0.2) is 78.9 Å². The van der Waals surface area contributed by atoms with Gasteiger partial charge in [0.05, 0.1) is 5.56 Å². The highest BCUT2D eigenvalue weighted by molar-refractivity contribution is 6.04. The van der Waals surface area contributed by atoms with Crippen LogP contribution < -0.4 is 10.1 Å². The Kier molecular flexibility index (Phi) is 5.44. The maximum absolute atomic E-state index is 12.2. The van der Waals surface area contributed by atoms with E-state index in [0.717, 1.165) is 11.3 Å². The summed E-state index contributed by atoms with van der Waals surface area (Å²) in [7, 11) is 0. The highest BCUT2D eigenvalue weighted by Crippen LogP contribution is 2.20. The molecule has 0 aliphatic heterocycles. The van der Waals surface area contributed by atoms with E-state index in [-0.39, 0.29) is 11.7 Å². The lowest BCUT2D eigenvalue weighted by Crippen LogP contribution is -2.11. The Labute approximate surface area is 152 Å². The van der Waals surface area contributed by atoms with Gasteiger partial charge in [0, 0.05) is 11.3 Å². The molecule has 130 valence electrons. The Morgan fingerprint density at radius 1 is 0.846 bits per heavy atom. The number of rotatable bonds is 6. The molecule has 0 bridgehead atoms. The summed E-state index contributed by atoms with van der Waals surface area (Å²) in [6.07, 6.45) is 0. The molecular weight excluding hydrogens is 326 g/mol. The number of carbonyl (C=O) groups is 2. The zero-order chi connectivity index (χ0) is 18.4. The molecule has 0 spiro atoms. The smallest absolute Gasteiger partial charge is 0.255 e. The van der Waals surface area contributed by atoms with Crippen LogP contribution in [0.25, 0.3) is 0 Å². The number of Topliss-reactive ketones (excluding diaryl/α,β-unsaturated/α-hetero) is 1. The summed E-state index contributed by atoms with van der Waals surface area (Å²) in [5.74, 6) is 0.366. The molecule has 3 aromatic carbocycles. The molecule has 0 unspecified atom stereocenters. The maximum atomic E-state index is 12.2. The van der Waals surface area contributed by atoms with E-state index < -0.39 is 0 Å². The summed E-state index contributed by atoms with van der Waals surface area (Å²) >= 11 is 0. The van der Waals surface area contributed by atoms with Crippen LogP contribution in [-0.4, -0.2) is 11.7 Å². The summed E-state index contributed by atoms with van der Waals surface area (Å²) in [5, 5.41) is 2.85. The van der Waals surface area contributed by atoms with E-state index in [2.05, 4.69) is 5.32 Å². The quantitative estimate of drug-likeness (QED) is 0.658. The lowest BCUT2D eigenvalue weighted by molar-refractivity contribution is 0.100. The van der Waals surface area contributed by atoms with Crippen molar-refractivity contribution in [1.82, 2.24) is 0 Å². The highest BCUT2D eigenvalue weighted by atomic mass is 16.5. The van der Waals surface area contributed by atoms with Gasteiger partial charge in [0.2, 0.25) is 0 Å². The number of anilines is 1. The number of amides is 1. The fourth-order valence-electron chi connectivity index (χ4n) is 2.52. The van der Waals surface area contributed by atoms with Crippen LogP contribution in [-0.2, 0) is 6.61 Å². The molecule has 0 saturated carbocycles. The summed E-state index contributed by atoms with van der Waals surface area (Å²) < 4.78 is 5.76. The Morgan fingerprint density at radius 3 is 2.19 bits per heavy atom. The van der Waals surface area contributed by atoms with E-state index >= 15 is 0 Å². The molecule has 0 saturated heterocycles. The predicted molar refractivity (Wildman–Crippen MR) is 102 cm³/mol. The van der Waals surface area contributed by atoms with Gasteiger partial charge in [-0.05, 0) is 48.9 Å². The normalized spacial score (nSPS) is 10.2. The molecule has 0 aliphatic rings. The van der Waals surface area contributed by atoms with Gasteiger partial charge in [0.15, 0.2) is 5.78 Å². The molecule has 4 nitrogen and oxygen atoms in total. The molecule has 0 atom stereocenters. The lowest BCUT2D eigenvalue weighted by Gasteiger charge is -2.10. The minimum atomic E-state index is -0.161. The van der Waals surface area contributed by atoms with Crippen molar-refractivity contribution < 1.29 is 14.3 Å². The number of hydrogen-bond donors (Lipinski definition) is 1. The minimum Gasteiger partial charge on any atom is -0.488 e. The number of ketones is 1. The Balaban J connectivity index is 1.63. The summed E-state index contributed by atoms with van der Waals surface area (Å²) in [6, 6.07) is 23.7. The van der Waals surface area contributed by atoms with Gasteiger partial charge in [-0.3, -0.25) is 9.59 Å². The monoisotopic (exact) mass is 345 g/mol. The molecule has 1 amide bonds. The second-order valence-electron chi connectivity index (χ2n) is 5.86. The predicted octanol–water partition coefficient (Wildman–Crippen LogP) is 4.72. The molecule has 3 aromatic rings. The third-order valence-electron chi connectivity index (χ3n) is 3.91. The number of ether oxygens (including phenoxy) is 1. The van der Waals surface area contributed by atoms with E-state index in [1.807, 2.05) is 54.6 Å². The van der Waals surface area contributed by atoms with Gasteiger partial charge in [-0.15, -0.1) is 0 Å². The molecule has 4 heteroatoms. The fraction of sp³-hybridized carbons (Fsp3) is 0.0909. The molecule has 26 heavy (non-hydrogen) atoms. The largest absolute Gasteiger partial charge is 0.488 e. The van der Waals surface area contributed by atoms with Crippen molar-refractivity contribution in [3.05, 3.63) is 95.6 Å². The number of nitrogens with one attached hydrogen (secondary N) is 1. The van der Waals surface area contributed by atoms with Gasteiger partial charge in [0.25, 0.3) is 5.91 Å². The van der Waals surface area contributed by atoms with E-state index in [9.17, 15) is 9.59 Å². The highest BCUT2D eigenvalue weighted by Gasteiger charge is 2.09. The van der Waals surface area contributed by atoms with Crippen molar-refractivity contribution in [3.8, 4) is 5.75 Å². The second-order valence-corrected chi connectivity index (χ2v) is 5.86. The summed E-state index contributed by atoms with van der Waals surface area (Å²) in [5.41, 5.74) is 2.80. The Morgan fingerprint density at radius 2 is 1.50 bits per heavy atom. The standard InChI is InChI=1S/C22H19NO3/c1-16(24)20-9-5-6-10-21(20)26-15-17-11-13-18(14-12-17)22(25)23-19-7-3-2-4-8-19/h2-14H,15H2,1H3,(H,23,25). The number of hydrogen-bond acceptors (Lipinski definition) is 3. The SMILES string of the molecule is CC(=O)c1ccccc1OCc1ccc(C(=O)Nc2ccccc2)cc1. The molecule has 0 aliphatic carbocycles. The zero-order valence-corrected chi connectivity index (χ0v) is 14.4. The van der Waals surface area contributed by atoms with Crippen LogP contribution in [0, 0.1) is 0 Å². The molecule has 0 aromatic heterocycles. The second kappa shape index (κ2) is 8.12. The first kappa shape index (κ1) is 17.4. The van der Waals surface area contributed by atoms with Crippen molar-refractivity contribution in [2.24, 2.45) is 0 Å². The summed E-state index contributed by atoms with van der Waals surface area (Å²) in [4.78, 5) is 23.9. The molecule has 0 fully saturated rings. The topological polar surface area (TPSA) is 55.4 Å². The van der Waals surface area contributed by atoms with Crippen molar-refractivity contribution in [2.75, 3.05) is 5.32 Å². The minimum absolute atomic E-state index is 0.0338. The molecule has 3 rings (SSSR count). The van der Waals surface area contributed by atoms with Crippen molar-refractivity contribution in [2.45, 2.75) is 13.5 Å². The number of para-hydroxylation sites is 2. The van der Waals surface area contributed by atoms with Gasteiger partial charge < -0.3 is 10.1 Å². The van der Waals surface area contributed by atoms with Gasteiger partial charge in [-0.1, -0.05) is 42.5 Å². The third-order valence-corrected chi connectivity index (χ3v) is 3.91. The first-order valence-electron chi connectivity index (χ1n) is 8.31. The lowest BCUT2D eigenvalue weighted by atomic mass is 10.1. The van der Waals surface area contributed by atoms with Crippen LogP contribution in [0.1, 0.15) is 33.2 Å². The molecule has 0 heterocycles. The zero-order valence-electron chi connectivity index (χ0n) is 14.4. The van der Waals surface area contributed by atoms with E-state index in [0.29, 0.717) is 23.5 Å². The maximum Gasteiger partial charge on any atom is 0.255 e. The first-order valence-corrected chi connectivity index (χ1v) is 8.31. The van der Waals surface area contributed by atoms with E-state index in [1.54, 1.807) is 24.3 Å². The molecular formula is C22H19NO3. The van der Waals surface area contributed by atoms with Gasteiger partial charge in [-0.25, -0.2) is 0 Å². The average molecular weight is 345 g/mol. The van der Waals surface area contributed by atoms with Gasteiger partial charge in [0.1, 0.15) is 12.4 Å². The Hall–Kier alpha value is -3.40. The number of carbonyl (C=O) groups excluding carboxylic acids is 2. The van der Waals surface area contributed by atoms with Crippen LogP contribution in [0.2, 0.25) is 0 Å². The van der Waals surface area contributed by atoms with Crippen LogP contribution in [0.4, 0.5) is 5.69 Å². The molecule has 0 radical (unpaired) electrons. The van der Waals surface area contributed by atoms with E-state index in [1.165, 1.54) is 6.92 Å². The van der Waals surface area contributed by atoms with Gasteiger partial charge >= 0.3 is 0 Å². The van der Waals surface area contributed by atoms with Crippen LogP contribution in [0.5, 0.6) is 5.75 Å². The fourth-order valence-corrected chi connectivity index (χ4v) is 2.52. The van der Waals surface area contributed by atoms with Crippen molar-refractivity contribution >= 4 is 17.4 Å². The third kappa shape index (κ3) is 4.36. The Bertz CT molecular complexity index is 902. The van der Waals surface area contributed by atoms with E-state index in [4.69, 9.17) is 4.74 Å². The first-order chi connectivity index (χ1) is 12.6. The molecule has 1 N–H and O–H groups in total. The van der Waals surface area contributed by atoms with Crippen LogP contribution >= 0.6 is 0 Å². The summed E-state index contributed by atoms with van der Waals surface area (Å²) in [6.45, 7) is 1.84.